The molecule has 0 amide bonds. The van der Waals surface area contributed by atoms with Gasteiger partial charge < -0.3 is 4.90 Å². The van der Waals surface area contributed by atoms with Crippen molar-refractivity contribution in [1.29, 1.82) is 0 Å². The molecule has 3 nitrogen and oxygen atoms in total. The van der Waals surface area contributed by atoms with E-state index in [4.69, 9.17) is 21.6 Å². The monoisotopic (exact) mass is 311 g/mol. The van der Waals surface area contributed by atoms with E-state index >= 15 is 0 Å². The van der Waals surface area contributed by atoms with Crippen LogP contribution in [0.5, 0.6) is 0 Å². The van der Waals surface area contributed by atoms with Gasteiger partial charge in [0, 0.05) is 29.1 Å². The number of para-hydroxylation sites is 1. The van der Waals surface area contributed by atoms with Gasteiger partial charge in [0.25, 0.3) is 0 Å². The first kappa shape index (κ1) is 14.8. The zero-order chi connectivity index (χ0) is 15.5. The van der Waals surface area contributed by atoms with Crippen molar-refractivity contribution in [2.24, 2.45) is 0 Å². The van der Waals surface area contributed by atoms with Crippen molar-refractivity contribution < 1.29 is 0 Å². The number of anilines is 1. The number of aromatic nitrogens is 2. The molecule has 4 heteroatoms. The molecule has 0 spiro atoms. The molecular formula is C18H18ClN3. The van der Waals surface area contributed by atoms with Crippen LogP contribution in [0.15, 0.2) is 48.5 Å². The lowest BCUT2D eigenvalue weighted by molar-refractivity contribution is 0.850. The second kappa shape index (κ2) is 6.32. The molecule has 0 radical (unpaired) electrons. The molecule has 0 aliphatic heterocycles. The fourth-order valence-corrected chi connectivity index (χ4v) is 2.68. The standard InChI is InChI=1S/C18H18ClN3/c1-3-22(4-2)18-15-7-5-6-8-16(15)20-17(21-18)13-9-11-14(19)12-10-13/h5-12H,3-4H2,1-2H3. The van der Waals surface area contributed by atoms with E-state index in [0.29, 0.717) is 5.02 Å². The Hall–Kier alpha value is -2.13. The first-order chi connectivity index (χ1) is 10.7. The average molecular weight is 312 g/mol. The Morgan fingerprint density at radius 3 is 2.27 bits per heavy atom. The molecule has 0 aliphatic rings. The Balaban J connectivity index is 2.22. The minimum Gasteiger partial charge on any atom is -0.357 e. The smallest absolute Gasteiger partial charge is 0.162 e. The molecule has 0 saturated carbocycles. The SMILES string of the molecule is CCN(CC)c1nc(-c2ccc(Cl)cc2)nc2ccccc12. The lowest BCUT2D eigenvalue weighted by atomic mass is 10.1. The van der Waals surface area contributed by atoms with E-state index in [1.54, 1.807) is 0 Å². The Labute approximate surface area is 135 Å². The van der Waals surface area contributed by atoms with Crippen LogP contribution in [0.3, 0.4) is 0 Å². The lowest BCUT2D eigenvalue weighted by Crippen LogP contribution is -2.23. The molecule has 3 aromatic rings. The van der Waals surface area contributed by atoms with Crippen molar-refractivity contribution >= 4 is 28.3 Å². The minimum atomic E-state index is 0.716. The van der Waals surface area contributed by atoms with Crippen LogP contribution in [0, 0.1) is 0 Å². The number of rotatable bonds is 4. The van der Waals surface area contributed by atoms with Gasteiger partial charge in [-0.25, -0.2) is 9.97 Å². The highest BCUT2D eigenvalue weighted by Gasteiger charge is 2.13. The number of benzene rings is 2. The molecule has 1 heterocycles. The molecule has 0 unspecified atom stereocenters. The molecule has 0 saturated heterocycles. The number of hydrogen-bond acceptors (Lipinski definition) is 3. The highest BCUT2D eigenvalue weighted by molar-refractivity contribution is 6.30. The fourth-order valence-electron chi connectivity index (χ4n) is 2.55. The predicted molar refractivity (Wildman–Crippen MR) is 93.5 cm³/mol. The van der Waals surface area contributed by atoms with Gasteiger partial charge in [-0.05, 0) is 50.2 Å². The number of halogens is 1. The Bertz CT molecular complexity index is 780. The molecule has 3 rings (SSSR count). The molecule has 0 aliphatic carbocycles. The third-order valence-electron chi connectivity index (χ3n) is 3.75. The summed E-state index contributed by atoms with van der Waals surface area (Å²) in [6, 6.07) is 15.8. The summed E-state index contributed by atoms with van der Waals surface area (Å²) in [6.07, 6.45) is 0. The van der Waals surface area contributed by atoms with E-state index in [0.717, 1.165) is 41.2 Å². The van der Waals surface area contributed by atoms with Gasteiger partial charge in [-0.15, -0.1) is 0 Å². The summed E-state index contributed by atoms with van der Waals surface area (Å²) in [5.74, 6) is 1.72. The zero-order valence-corrected chi connectivity index (χ0v) is 13.5. The highest BCUT2D eigenvalue weighted by Crippen LogP contribution is 2.27. The van der Waals surface area contributed by atoms with Crippen LogP contribution in [0.25, 0.3) is 22.3 Å². The Morgan fingerprint density at radius 1 is 0.909 bits per heavy atom. The van der Waals surface area contributed by atoms with E-state index in [-0.39, 0.29) is 0 Å². The van der Waals surface area contributed by atoms with Crippen LogP contribution < -0.4 is 4.90 Å². The lowest BCUT2D eigenvalue weighted by Gasteiger charge is -2.22. The first-order valence-corrected chi connectivity index (χ1v) is 7.88. The van der Waals surface area contributed by atoms with Crippen LogP contribution in [0.4, 0.5) is 5.82 Å². The van der Waals surface area contributed by atoms with Crippen LogP contribution in [0.2, 0.25) is 5.02 Å². The minimum absolute atomic E-state index is 0.716. The summed E-state index contributed by atoms with van der Waals surface area (Å²) in [7, 11) is 0. The van der Waals surface area contributed by atoms with Gasteiger partial charge >= 0.3 is 0 Å². The van der Waals surface area contributed by atoms with Gasteiger partial charge in [-0.1, -0.05) is 23.7 Å². The normalized spacial score (nSPS) is 10.9. The van der Waals surface area contributed by atoms with Crippen LogP contribution in [-0.2, 0) is 0 Å². The van der Waals surface area contributed by atoms with Crippen molar-refractivity contribution in [2.75, 3.05) is 18.0 Å². The summed E-state index contributed by atoms with van der Waals surface area (Å²) in [5, 5.41) is 1.80. The molecule has 0 atom stereocenters. The second-order valence-electron chi connectivity index (χ2n) is 5.07. The molecule has 112 valence electrons. The Kier molecular flexibility index (Phi) is 4.25. The van der Waals surface area contributed by atoms with Gasteiger partial charge in [0.1, 0.15) is 5.82 Å². The fraction of sp³-hybridized carbons (Fsp3) is 0.222. The van der Waals surface area contributed by atoms with Crippen molar-refractivity contribution in [3.8, 4) is 11.4 Å². The van der Waals surface area contributed by atoms with Gasteiger partial charge in [-0.3, -0.25) is 0 Å². The third kappa shape index (κ3) is 2.77. The quantitative estimate of drug-likeness (QED) is 0.693. The molecule has 22 heavy (non-hydrogen) atoms. The average Bonchev–Trinajstić information content (AvgIpc) is 2.56. The van der Waals surface area contributed by atoms with Crippen molar-refractivity contribution in [1.82, 2.24) is 9.97 Å². The Morgan fingerprint density at radius 2 is 1.59 bits per heavy atom. The maximum Gasteiger partial charge on any atom is 0.162 e. The van der Waals surface area contributed by atoms with E-state index in [1.807, 2.05) is 42.5 Å². The summed E-state index contributed by atoms with van der Waals surface area (Å²) in [5.41, 5.74) is 1.94. The van der Waals surface area contributed by atoms with Crippen LogP contribution >= 0.6 is 11.6 Å². The van der Waals surface area contributed by atoms with E-state index < -0.39 is 0 Å². The molecule has 2 aromatic carbocycles. The van der Waals surface area contributed by atoms with Gasteiger partial charge in [-0.2, -0.15) is 0 Å². The van der Waals surface area contributed by atoms with Gasteiger partial charge in [0.05, 0.1) is 5.52 Å². The predicted octanol–water partition coefficient (Wildman–Crippen LogP) is 4.80. The van der Waals surface area contributed by atoms with E-state index in [9.17, 15) is 0 Å². The van der Waals surface area contributed by atoms with Crippen molar-refractivity contribution in [3.63, 3.8) is 0 Å². The number of fused-ring (bicyclic) bond motifs is 1. The van der Waals surface area contributed by atoms with Gasteiger partial charge in [0.2, 0.25) is 0 Å². The summed E-state index contributed by atoms with van der Waals surface area (Å²) < 4.78 is 0. The molecule has 0 N–H and O–H groups in total. The summed E-state index contributed by atoms with van der Waals surface area (Å²) in [4.78, 5) is 11.8. The largest absolute Gasteiger partial charge is 0.357 e. The van der Waals surface area contributed by atoms with Crippen LogP contribution in [0.1, 0.15) is 13.8 Å². The zero-order valence-electron chi connectivity index (χ0n) is 12.8. The van der Waals surface area contributed by atoms with Gasteiger partial charge in [0.15, 0.2) is 5.82 Å². The first-order valence-electron chi connectivity index (χ1n) is 7.50. The van der Waals surface area contributed by atoms with Crippen molar-refractivity contribution in [3.05, 3.63) is 53.6 Å². The van der Waals surface area contributed by atoms with E-state index in [1.165, 1.54) is 0 Å². The van der Waals surface area contributed by atoms with Crippen molar-refractivity contribution in [2.45, 2.75) is 13.8 Å². The van der Waals surface area contributed by atoms with E-state index in [2.05, 4.69) is 24.8 Å². The molecule has 0 fully saturated rings. The number of nitrogens with zero attached hydrogens (tertiary/aromatic N) is 3. The second-order valence-corrected chi connectivity index (χ2v) is 5.50. The maximum atomic E-state index is 5.97. The summed E-state index contributed by atoms with van der Waals surface area (Å²) in [6.45, 7) is 6.11. The van der Waals surface area contributed by atoms with Crippen LogP contribution in [-0.4, -0.2) is 23.1 Å². The summed E-state index contributed by atoms with van der Waals surface area (Å²) >= 11 is 5.97. The molecular weight excluding hydrogens is 294 g/mol. The third-order valence-corrected chi connectivity index (χ3v) is 4.00. The topological polar surface area (TPSA) is 29.0 Å². The number of hydrogen-bond donors (Lipinski definition) is 0. The maximum absolute atomic E-state index is 5.97. The molecule has 1 aromatic heterocycles. The molecule has 0 bridgehead atoms. The highest BCUT2D eigenvalue weighted by atomic mass is 35.5.